The number of fused-ring (bicyclic) bond motifs is 1. The monoisotopic (exact) mass is 410 g/mol. The van der Waals surface area contributed by atoms with Crippen molar-refractivity contribution >= 4 is 56.0 Å². The van der Waals surface area contributed by atoms with Gasteiger partial charge in [0.25, 0.3) is 0 Å². The molecule has 0 aliphatic rings. The fraction of sp³-hybridized carbons (Fsp3) is 0.125. The van der Waals surface area contributed by atoms with E-state index < -0.39 is 10.0 Å². The van der Waals surface area contributed by atoms with Crippen molar-refractivity contribution in [2.45, 2.75) is 10.1 Å². The predicted molar refractivity (Wildman–Crippen MR) is 103 cm³/mol. The Hall–Kier alpha value is -2.07. The van der Waals surface area contributed by atoms with Gasteiger partial charge in [0, 0.05) is 17.8 Å². The number of hydrogen-bond donors (Lipinski definition) is 2. The van der Waals surface area contributed by atoms with E-state index in [1.807, 2.05) is 0 Å². The average Bonchev–Trinajstić information content (AvgIpc) is 2.90. The fourth-order valence-electron chi connectivity index (χ4n) is 2.32. The molecule has 0 aliphatic heterocycles. The molecule has 0 saturated carbocycles. The van der Waals surface area contributed by atoms with Crippen LogP contribution in [-0.2, 0) is 21.9 Å². The van der Waals surface area contributed by atoms with Gasteiger partial charge in [0.1, 0.15) is 0 Å². The number of aryl methyl sites for hydroxylation is 1. The first-order valence-corrected chi connectivity index (χ1v) is 10.3. The highest BCUT2D eigenvalue weighted by molar-refractivity contribution is 7.99. The third-order valence-electron chi connectivity index (χ3n) is 3.60. The van der Waals surface area contributed by atoms with E-state index in [0.717, 1.165) is 5.52 Å². The Balaban J connectivity index is 1.73. The van der Waals surface area contributed by atoms with Crippen LogP contribution >= 0.6 is 23.4 Å². The van der Waals surface area contributed by atoms with Crippen LogP contribution in [0.5, 0.6) is 0 Å². The number of anilines is 1. The minimum absolute atomic E-state index is 0.000122. The maximum absolute atomic E-state index is 12.1. The topological polar surface area (TPSA) is 107 Å². The van der Waals surface area contributed by atoms with Crippen LogP contribution in [0.1, 0.15) is 0 Å². The summed E-state index contributed by atoms with van der Waals surface area (Å²) in [5, 5.41) is 9.10. The molecule has 7 nitrogen and oxygen atoms in total. The zero-order valence-electron chi connectivity index (χ0n) is 13.6. The van der Waals surface area contributed by atoms with Crippen LogP contribution in [0, 0.1) is 0 Å². The molecule has 0 atom stereocenters. The lowest BCUT2D eigenvalue weighted by Crippen LogP contribution is -2.14. The SMILES string of the molecule is Cn1c(SCC(=O)Nc2ccc(Cl)cc2)nc2cc(S(N)(=O)=O)ccc21. The summed E-state index contributed by atoms with van der Waals surface area (Å²) in [4.78, 5) is 16.5. The zero-order chi connectivity index (χ0) is 18.9. The Bertz CT molecular complexity index is 1080. The van der Waals surface area contributed by atoms with Gasteiger partial charge in [-0.1, -0.05) is 23.4 Å². The van der Waals surface area contributed by atoms with Crippen molar-refractivity contribution in [3.8, 4) is 0 Å². The number of carbonyl (C=O) groups is 1. The van der Waals surface area contributed by atoms with Crippen LogP contribution in [0.2, 0.25) is 5.02 Å². The molecule has 0 spiro atoms. The summed E-state index contributed by atoms with van der Waals surface area (Å²) in [6, 6.07) is 11.3. The van der Waals surface area contributed by atoms with E-state index in [9.17, 15) is 13.2 Å². The number of nitrogens with zero attached hydrogens (tertiary/aromatic N) is 2. The summed E-state index contributed by atoms with van der Waals surface area (Å²) >= 11 is 7.06. The molecule has 1 heterocycles. The molecule has 0 aliphatic carbocycles. The standard InChI is InChI=1S/C16H15ClN4O3S2/c1-21-14-7-6-12(26(18,23)24)8-13(14)20-16(21)25-9-15(22)19-11-4-2-10(17)3-5-11/h2-8H,9H2,1H3,(H,19,22)(H2,18,23,24). The fourth-order valence-corrected chi connectivity index (χ4v) is 3.77. The molecular formula is C16H15ClN4O3S2. The molecule has 1 aromatic heterocycles. The first-order chi connectivity index (χ1) is 12.2. The van der Waals surface area contributed by atoms with Crippen molar-refractivity contribution in [3.63, 3.8) is 0 Å². The molecule has 3 rings (SSSR count). The summed E-state index contributed by atoms with van der Waals surface area (Å²) in [5.41, 5.74) is 1.90. The second-order valence-electron chi connectivity index (χ2n) is 5.49. The number of amides is 1. The maximum atomic E-state index is 12.1. The van der Waals surface area contributed by atoms with Crippen molar-refractivity contribution in [2.75, 3.05) is 11.1 Å². The summed E-state index contributed by atoms with van der Waals surface area (Å²) < 4.78 is 24.7. The quantitative estimate of drug-likeness (QED) is 0.628. The Labute approximate surface area is 159 Å². The molecule has 136 valence electrons. The molecule has 3 N–H and O–H groups in total. The van der Waals surface area contributed by atoms with Gasteiger partial charge < -0.3 is 9.88 Å². The molecule has 1 amide bonds. The predicted octanol–water partition coefficient (Wildman–Crippen LogP) is 2.60. The molecule has 0 fully saturated rings. The normalized spacial score (nSPS) is 11.7. The number of nitrogens with two attached hydrogens (primary N) is 1. The second kappa shape index (κ2) is 7.28. The number of aromatic nitrogens is 2. The molecule has 2 aromatic carbocycles. The van der Waals surface area contributed by atoms with Crippen molar-refractivity contribution in [2.24, 2.45) is 12.2 Å². The minimum atomic E-state index is -3.79. The van der Waals surface area contributed by atoms with Gasteiger partial charge in [0.15, 0.2) is 5.16 Å². The number of hydrogen-bond acceptors (Lipinski definition) is 5. The summed E-state index contributed by atoms with van der Waals surface area (Å²) in [7, 11) is -1.99. The number of nitrogens with one attached hydrogen (secondary N) is 1. The highest BCUT2D eigenvalue weighted by atomic mass is 35.5. The van der Waals surface area contributed by atoms with Gasteiger partial charge in [0.05, 0.1) is 21.7 Å². The first-order valence-electron chi connectivity index (χ1n) is 7.41. The molecule has 0 radical (unpaired) electrons. The van der Waals surface area contributed by atoms with E-state index in [1.165, 1.54) is 23.9 Å². The number of rotatable bonds is 5. The van der Waals surface area contributed by atoms with E-state index >= 15 is 0 Å². The van der Waals surface area contributed by atoms with Crippen LogP contribution in [0.15, 0.2) is 52.5 Å². The molecule has 10 heteroatoms. The van der Waals surface area contributed by atoms with Gasteiger partial charge in [-0.2, -0.15) is 0 Å². The number of sulfonamides is 1. The minimum Gasteiger partial charge on any atom is -0.325 e. The zero-order valence-corrected chi connectivity index (χ0v) is 16.0. The average molecular weight is 411 g/mol. The highest BCUT2D eigenvalue weighted by Crippen LogP contribution is 2.25. The van der Waals surface area contributed by atoms with Crippen LogP contribution in [-0.4, -0.2) is 29.6 Å². The summed E-state index contributed by atoms with van der Waals surface area (Å²) in [6.45, 7) is 0. The van der Waals surface area contributed by atoms with Gasteiger partial charge in [0.2, 0.25) is 15.9 Å². The van der Waals surface area contributed by atoms with Crippen LogP contribution in [0.3, 0.4) is 0 Å². The third-order valence-corrected chi connectivity index (χ3v) is 5.79. The van der Waals surface area contributed by atoms with Crippen molar-refractivity contribution in [1.82, 2.24) is 9.55 Å². The van der Waals surface area contributed by atoms with Gasteiger partial charge in [-0.25, -0.2) is 18.5 Å². The van der Waals surface area contributed by atoms with E-state index in [1.54, 1.807) is 41.9 Å². The van der Waals surface area contributed by atoms with Crippen molar-refractivity contribution in [3.05, 3.63) is 47.5 Å². The number of primary sulfonamides is 1. The first kappa shape index (κ1) is 18.7. The lowest BCUT2D eigenvalue weighted by atomic mass is 10.3. The molecule has 26 heavy (non-hydrogen) atoms. The highest BCUT2D eigenvalue weighted by Gasteiger charge is 2.14. The molecule has 0 unspecified atom stereocenters. The van der Waals surface area contributed by atoms with Crippen LogP contribution < -0.4 is 10.5 Å². The lowest BCUT2D eigenvalue weighted by Gasteiger charge is -2.05. The van der Waals surface area contributed by atoms with Crippen LogP contribution in [0.4, 0.5) is 5.69 Å². The van der Waals surface area contributed by atoms with Gasteiger partial charge >= 0.3 is 0 Å². The summed E-state index contributed by atoms with van der Waals surface area (Å²) in [6.07, 6.45) is 0. The Morgan fingerprint density at radius 2 is 1.96 bits per heavy atom. The second-order valence-corrected chi connectivity index (χ2v) is 8.43. The molecule has 0 saturated heterocycles. The maximum Gasteiger partial charge on any atom is 0.238 e. The largest absolute Gasteiger partial charge is 0.325 e. The van der Waals surface area contributed by atoms with E-state index in [2.05, 4.69) is 10.3 Å². The molecule has 3 aromatic rings. The Kier molecular flexibility index (Phi) is 5.24. The van der Waals surface area contributed by atoms with E-state index in [4.69, 9.17) is 16.7 Å². The van der Waals surface area contributed by atoms with Crippen molar-refractivity contribution < 1.29 is 13.2 Å². The van der Waals surface area contributed by atoms with Gasteiger partial charge in [-0.15, -0.1) is 0 Å². The lowest BCUT2D eigenvalue weighted by molar-refractivity contribution is -0.113. The molecular weight excluding hydrogens is 396 g/mol. The number of thioether (sulfide) groups is 1. The Morgan fingerprint density at radius 3 is 2.62 bits per heavy atom. The smallest absolute Gasteiger partial charge is 0.238 e. The van der Waals surface area contributed by atoms with Crippen LogP contribution in [0.25, 0.3) is 11.0 Å². The summed E-state index contributed by atoms with van der Waals surface area (Å²) in [5.74, 6) is -0.0310. The number of benzene rings is 2. The third kappa shape index (κ3) is 4.18. The molecule has 0 bridgehead atoms. The number of carbonyl (C=O) groups excluding carboxylic acids is 1. The van der Waals surface area contributed by atoms with Gasteiger partial charge in [-0.05, 0) is 42.5 Å². The van der Waals surface area contributed by atoms with E-state index in [0.29, 0.717) is 21.4 Å². The Morgan fingerprint density at radius 1 is 1.27 bits per heavy atom. The van der Waals surface area contributed by atoms with Crippen molar-refractivity contribution in [1.29, 1.82) is 0 Å². The van der Waals surface area contributed by atoms with E-state index in [-0.39, 0.29) is 16.6 Å². The number of imidazole rings is 1. The van der Waals surface area contributed by atoms with Gasteiger partial charge in [-0.3, -0.25) is 4.79 Å². The number of halogens is 1.